The Labute approximate surface area is 122 Å². The van der Waals surface area contributed by atoms with Gasteiger partial charge < -0.3 is 4.74 Å². The molecule has 0 aliphatic carbocycles. The number of hydrogen-bond acceptors (Lipinski definition) is 3. The van der Waals surface area contributed by atoms with Crippen molar-refractivity contribution < 1.29 is 17.7 Å². The molecule has 2 aromatic rings. The van der Waals surface area contributed by atoms with E-state index in [1.54, 1.807) is 6.92 Å². The second kappa shape index (κ2) is 5.83. The predicted octanol–water partition coefficient (Wildman–Crippen LogP) is 3.73. The Kier molecular flexibility index (Phi) is 4.32. The topological polar surface area (TPSA) is 63.6 Å². The van der Waals surface area contributed by atoms with Gasteiger partial charge in [-0.1, -0.05) is 41.9 Å². The molecule has 2 aromatic carbocycles. The number of halogens is 1. The van der Waals surface area contributed by atoms with Crippen molar-refractivity contribution in [3.63, 3.8) is 0 Å². The summed E-state index contributed by atoms with van der Waals surface area (Å²) in [6.07, 6.45) is -0.363. The highest BCUT2D eigenvalue weighted by molar-refractivity contribution is 7.86. The summed E-state index contributed by atoms with van der Waals surface area (Å²) in [6, 6.07) is 13.4. The fourth-order valence-corrected chi connectivity index (χ4v) is 2.65. The Bertz CT molecular complexity index is 698. The Morgan fingerprint density at radius 1 is 1.15 bits per heavy atom. The molecule has 6 heteroatoms. The number of benzene rings is 2. The van der Waals surface area contributed by atoms with Crippen LogP contribution in [0, 0.1) is 0 Å². The summed E-state index contributed by atoms with van der Waals surface area (Å²) in [5.74, 6) is 0.0632. The summed E-state index contributed by atoms with van der Waals surface area (Å²) in [7, 11) is -4.39. The Morgan fingerprint density at radius 2 is 1.80 bits per heavy atom. The van der Waals surface area contributed by atoms with Crippen LogP contribution in [0.4, 0.5) is 0 Å². The van der Waals surface area contributed by atoms with Crippen LogP contribution in [0.3, 0.4) is 0 Å². The summed E-state index contributed by atoms with van der Waals surface area (Å²) >= 11 is 5.75. The van der Waals surface area contributed by atoms with Crippen molar-refractivity contribution in [1.82, 2.24) is 0 Å². The van der Waals surface area contributed by atoms with Crippen LogP contribution in [0.2, 0.25) is 5.02 Å². The van der Waals surface area contributed by atoms with E-state index in [2.05, 4.69) is 0 Å². The van der Waals surface area contributed by atoms with Gasteiger partial charge in [0, 0.05) is 5.02 Å². The van der Waals surface area contributed by atoms with E-state index < -0.39 is 10.1 Å². The molecule has 20 heavy (non-hydrogen) atoms. The van der Waals surface area contributed by atoms with Gasteiger partial charge in [0.25, 0.3) is 10.1 Å². The van der Waals surface area contributed by atoms with E-state index in [9.17, 15) is 13.0 Å². The van der Waals surface area contributed by atoms with Gasteiger partial charge in [-0.15, -0.1) is 0 Å². The molecule has 0 bridgehead atoms. The summed E-state index contributed by atoms with van der Waals surface area (Å²) in [5.41, 5.74) is 0.892. The molecule has 0 saturated heterocycles. The van der Waals surface area contributed by atoms with Crippen LogP contribution >= 0.6 is 11.6 Å². The molecule has 1 N–H and O–H groups in total. The highest BCUT2D eigenvalue weighted by atomic mass is 35.5. The fourth-order valence-electron chi connectivity index (χ4n) is 1.76. The first-order chi connectivity index (χ1) is 9.38. The molecule has 0 aliphatic heterocycles. The van der Waals surface area contributed by atoms with E-state index in [0.717, 1.165) is 11.6 Å². The molecule has 0 fully saturated rings. The molecule has 0 heterocycles. The molecule has 1 unspecified atom stereocenters. The van der Waals surface area contributed by atoms with Crippen LogP contribution in [-0.4, -0.2) is 13.0 Å². The number of rotatable bonds is 4. The van der Waals surface area contributed by atoms with Crippen molar-refractivity contribution in [3.8, 4) is 5.75 Å². The largest absolute Gasteiger partial charge is 0.485 e. The van der Waals surface area contributed by atoms with Gasteiger partial charge in [0.1, 0.15) is 16.7 Å². The Morgan fingerprint density at radius 3 is 2.40 bits per heavy atom. The molecular weight excluding hydrogens is 300 g/mol. The first-order valence-corrected chi connectivity index (χ1v) is 7.68. The first kappa shape index (κ1) is 14.8. The smallest absolute Gasteiger partial charge is 0.298 e. The molecule has 106 valence electrons. The molecule has 0 amide bonds. The van der Waals surface area contributed by atoms with Crippen molar-refractivity contribution >= 4 is 21.7 Å². The quantitative estimate of drug-likeness (QED) is 0.874. The van der Waals surface area contributed by atoms with Gasteiger partial charge in [0.15, 0.2) is 0 Å². The van der Waals surface area contributed by atoms with Gasteiger partial charge in [0.05, 0.1) is 0 Å². The van der Waals surface area contributed by atoms with Gasteiger partial charge in [-0.3, -0.25) is 4.55 Å². The SMILES string of the molecule is CC(Oc1ccc(Cl)cc1S(=O)(=O)O)c1ccccc1. The molecular formula is C14H13ClO4S. The average Bonchev–Trinajstić information content (AvgIpc) is 2.40. The highest BCUT2D eigenvalue weighted by Gasteiger charge is 2.19. The van der Waals surface area contributed by atoms with Crippen LogP contribution in [-0.2, 0) is 10.1 Å². The fraction of sp³-hybridized carbons (Fsp3) is 0.143. The third-order valence-electron chi connectivity index (χ3n) is 2.76. The maximum absolute atomic E-state index is 11.3. The zero-order chi connectivity index (χ0) is 14.8. The molecule has 0 radical (unpaired) electrons. The van der Waals surface area contributed by atoms with Crippen LogP contribution in [0.5, 0.6) is 5.75 Å². The monoisotopic (exact) mass is 312 g/mol. The van der Waals surface area contributed by atoms with Crippen molar-refractivity contribution in [3.05, 3.63) is 59.1 Å². The molecule has 0 aliphatic rings. The van der Waals surface area contributed by atoms with E-state index in [1.807, 2.05) is 30.3 Å². The molecule has 0 saturated carbocycles. The normalized spacial score (nSPS) is 12.9. The summed E-state index contributed by atoms with van der Waals surface area (Å²) in [5, 5.41) is 0.206. The molecule has 2 rings (SSSR count). The lowest BCUT2D eigenvalue weighted by atomic mass is 10.1. The van der Waals surface area contributed by atoms with Gasteiger partial charge in [0.2, 0.25) is 0 Å². The van der Waals surface area contributed by atoms with Gasteiger partial charge in [-0.25, -0.2) is 0 Å². The minimum Gasteiger partial charge on any atom is -0.485 e. The minimum absolute atomic E-state index is 0.0632. The van der Waals surface area contributed by atoms with Crippen LogP contribution in [0.25, 0.3) is 0 Å². The number of ether oxygens (including phenoxy) is 1. The maximum Gasteiger partial charge on any atom is 0.298 e. The molecule has 0 spiro atoms. The lowest BCUT2D eigenvalue weighted by Crippen LogP contribution is -2.07. The third kappa shape index (κ3) is 3.50. The van der Waals surface area contributed by atoms with Gasteiger partial charge in [-0.2, -0.15) is 8.42 Å². The van der Waals surface area contributed by atoms with Crippen LogP contribution in [0.1, 0.15) is 18.6 Å². The minimum atomic E-state index is -4.39. The molecule has 0 aromatic heterocycles. The van der Waals surface area contributed by atoms with Gasteiger partial charge in [-0.05, 0) is 30.7 Å². The van der Waals surface area contributed by atoms with Crippen molar-refractivity contribution in [2.24, 2.45) is 0 Å². The Balaban J connectivity index is 2.35. The summed E-state index contributed by atoms with van der Waals surface area (Å²) in [6.45, 7) is 1.79. The van der Waals surface area contributed by atoms with Crippen molar-refractivity contribution in [2.45, 2.75) is 17.9 Å². The third-order valence-corrected chi connectivity index (χ3v) is 3.87. The summed E-state index contributed by atoms with van der Waals surface area (Å²) in [4.78, 5) is -0.340. The van der Waals surface area contributed by atoms with Gasteiger partial charge >= 0.3 is 0 Å². The lowest BCUT2D eigenvalue weighted by Gasteiger charge is -2.17. The van der Waals surface area contributed by atoms with E-state index in [4.69, 9.17) is 16.3 Å². The molecule has 4 nitrogen and oxygen atoms in total. The first-order valence-electron chi connectivity index (χ1n) is 5.86. The van der Waals surface area contributed by atoms with E-state index >= 15 is 0 Å². The van der Waals surface area contributed by atoms with E-state index in [1.165, 1.54) is 12.1 Å². The van der Waals surface area contributed by atoms with Crippen LogP contribution in [0.15, 0.2) is 53.4 Å². The second-order valence-electron chi connectivity index (χ2n) is 4.24. The van der Waals surface area contributed by atoms with Crippen molar-refractivity contribution in [1.29, 1.82) is 0 Å². The standard InChI is InChI=1S/C14H13ClO4S/c1-10(11-5-3-2-4-6-11)19-13-8-7-12(15)9-14(13)20(16,17)18/h2-10H,1H3,(H,16,17,18). The van der Waals surface area contributed by atoms with Crippen LogP contribution < -0.4 is 4.74 Å². The average molecular weight is 313 g/mol. The zero-order valence-corrected chi connectivity index (χ0v) is 12.2. The lowest BCUT2D eigenvalue weighted by molar-refractivity contribution is 0.220. The van der Waals surface area contributed by atoms with E-state index in [-0.39, 0.29) is 21.8 Å². The zero-order valence-electron chi connectivity index (χ0n) is 10.7. The number of hydrogen-bond donors (Lipinski definition) is 1. The maximum atomic E-state index is 11.3. The molecule has 1 atom stereocenters. The van der Waals surface area contributed by atoms with Crippen molar-refractivity contribution in [2.75, 3.05) is 0 Å². The second-order valence-corrected chi connectivity index (χ2v) is 6.06. The Hall–Kier alpha value is -1.56. The van der Waals surface area contributed by atoms with E-state index in [0.29, 0.717) is 0 Å². The highest BCUT2D eigenvalue weighted by Crippen LogP contribution is 2.30. The summed E-state index contributed by atoms with van der Waals surface area (Å²) < 4.78 is 37.5. The predicted molar refractivity (Wildman–Crippen MR) is 76.8 cm³/mol.